The zero-order valence-electron chi connectivity index (χ0n) is 9.85. The van der Waals surface area contributed by atoms with Crippen LogP contribution in [-0.2, 0) is 18.7 Å². The summed E-state index contributed by atoms with van der Waals surface area (Å²) < 4.78 is 13.8. The first-order chi connectivity index (χ1) is 8.10. The van der Waals surface area contributed by atoms with Gasteiger partial charge >= 0.3 is 19.8 Å². The van der Waals surface area contributed by atoms with Crippen LogP contribution in [0.5, 0.6) is 0 Å². The molecule has 0 aliphatic heterocycles. The summed E-state index contributed by atoms with van der Waals surface area (Å²) in [5.41, 5.74) is 4.86. The summed E-state index contributed by atoms with van der Waals surface area (Å²) >= 11 is 0. The number of carboxylic acids is 2. The van der Waals surface area contributed by atoms with Crippen LogP contribution in [0, 0.1) is 0 Å². The Morgan fingerprint density at radius 2 is 1.83 bits per heavy atom. The predicted octanol–water partition coefficient (Wildman–Crippen LogP) is -0.231. The first kappa shape index (κ1) is 19.4. The van der Waals surface area contributed by atoms with Crippen molar-refractivity contribution >= 4 is 19.8 Å². The summed E-state index contributed by atoms with van der Waals surface area (Å²) in [6.45, 7) is 1.27. The monoisotopic (exact) mass is 287 g/mol. The van der Waals surface area contributed by atoms with Gasteiger partial charge in [0.2, 0.25) is 0 Å². The molecule has 0 heterocycles. The molecular formula is C8H18NO8P. The van der Waals surface area contributed by atoms with Crippen molar-refractivity contribution in [3.05, 3.63) is 0 Å². The SMILES string of the molecule is CCCCC(=O)O.N[C@@H](COP(=O)(O)O)C(=O)O. The van der Waals surface area contributed by atoms with E-state index in [4.69, 9.17) is 25.7 Å². The molecule has 0 unspecified atom stereocenters. The molecule has 108 valence electrons. The lowest BCUT2D eigenvalue weighted by Crippen LogP contribution is -2.34. The molecule has 0 aliphatic rings. The molecule has 1 atom stereocenters. The van der Waals surface area contributed by atoms with Crippen LogP contribution in [0.25, 0.3) is 0 Å². The molecule has 0 saturated heterocycles. The number of rotatable bonds is 7. The standard InChI is InChI=1S/C5H10O2.C3H8NO6P/c1-2-3-4-5(6)7;4-2(3(5)6)1-10-11(7,8)9/h2-4H2,1H3,(H,6,7);2H,1,4H2,(H,5,6)(H2,7,8,9)/t;2-/m.0/s1. The highest BCUT2D eigenvalue weighted by Crippen LogP contribution is 2.35. The highest BCUT2D eigenvalue weighted by molar-refractivity contribution is 7.46. The molecule has 6 N–H and O–H groups in total. The summed E-state index contributed by atoms with van der Waals surface area (Å²) in [5.74, 6) is -2.07. The molecule has 0 radical (unpaired) electrons. The van der Waals surface area contributed by atoms with E-state index in [1.807, 2.05) is 6.92 Å². The zero-order chi connectivity index (χ0) is 14.8. The first-order valence-corrected chi connectivity index (χ1v) is 6.53. The van der Waals surface area contributed by atoms with Crippen molar-refractivity contribution in [1.82, 2.24) is 0 Å². The van der Waals surface area contributed by atoms with Gasteiger partial charge in [-0.05, 0) is 6.42 Å². The molecule has 10 heteroatoms. The number of hydrogen-bond donors (Lipinski definition) is 5. The summed E-state index contributed by atoms with van der Waals surface area (Å²) in [5, 5.41) is 16.2. The fourth-order valence-corrected chi connectivity index (χ4v) is 0.931. The van der Waals surface area contributed by atoms with Crippen LogP contribution < -0.4 is 5.73 Å². The minimum absolute atomic E-state index is 0.316. The van der Waals surface area contributed by atoms with Crippen LogP contribution in [0.15, 0.2) is 0 Å². The number of phosphoric ester groups is 1. The molecule has 18 heavy (non-hydrogen) atoms. The Morgan fingerprint density at radius 3 is 2.06 bits per heavy atom. The van der Waals surface area contributed by atoms with Gasteiger partial charge in [-0.15, -0.1) is 0 Å². The Labute approximate surface area is 104 Å². The number of hydrogen-bond acceptors (Lipinski definition) is 5. The Morgan fingerprint density at radius 1 is 1.33 bits per heavy atom. The molecule has 0 aromatic carbocycles. The molecule has 0 spiro atoms. The van der Waals surface area contributed by atoms with E-state index in [-0.39, 0.29) is 0 Å². The average Bonchev–Trinajstić information content (AvgIpc) is 2.22. The average molecular weight is 287 g/mol. The second-order valence-corrected chi connectivity index (χ2v) is 4.47. The third kappa shape index (κ3) is 17.4. The lowest BCUT2D eigenvalue weighted by molar-refractivity contribution is -0.139. The molecule has 0 amide bonds. The second-order valence-electron chi connectivity index (χ2n) is 3.23. The fourth-order valence-electron chi connectivity index (χ4n) is 0.577. The van der Waals surface area contributed by atoms with E-state index in [1.54, 1.807) is 0 Å². The molecule has 0 saturated carbocycles. The van der Waals surface area contributed by atoms with Crippen molar-refractivity contribution in [3.63, 3.8) is 0 Å². The number of phosphoric acid groups is 1. The largest absolute Gasteiger partial charge is 0.481 e. The summed E-state index contributed by atoms with van der Waals surface area (Å²) in [7, 11) is -4.60. The predicted molar refractivity (Wildman–Crippen MR) is 60.8 cm³/mol. The van der Waals surface area contributed by atoms with Crippen molar-refractivity contribution in [3.8, 4) is 0 Å². The van der Waals surface area contributed by atoms with Gasteiger partial charge < -0.3 is 25.7 Å². The lowest BCUT2D eigenvalue weighted by Gasteiger charge is -2.07. The van der Waals surface area contributed by atoms with Gasteiger partial charge in [0.15, 0.2) is 0 Å². The number of nitrogens with two attached hydrogens (primary N) is 1. The Balaban J connectivity index is 0. The van der Waals surface area contributed by atoms with Gasteiger partial charge in [-0.2, -0.15) is 0 Å². The zero-order valence-corrected chi connectivity index (χ0v) is 10.7. The number of carbonyl (C=O) groups is 2. The summed E-state index contributed by atoms with van der Waals surface area (Å²) in [6, 6.07) is -1.41. The minimum Gasteiger partial charge on any atom is -0.481 e. The fraction of sp³-hybridized carbons (Fsp3) is 0.750. The van der Waals surface area contributed by atoms with Crippen LogP contribution >= 0.6 is 7.82 Å². The van der Waals surface area contributed by atoms with E-state index in [9.17, 15) is 14.2 Å². The molecule has 0 aliphatic carbocycles. The van der Waals surface area contributed by atoms with Gasteiger partial charge in [-0.3, -0.25) is 14.1 Å². The lowest BCUT2D eigenvalue weighted by atomic mass is 10.3. The Kier molecular flexibility index (Phi) is 10.7. The Bertz CT molecular complexity index is 301. The van der Waals surface area contributed by atoms with E-state index < -0.39 is 32.4 Å². The second kappa shape index (κ2) is 9.98. The topological polar surface area (TPSA) is 167 Å². The highest BCUT2D eigenvalue weighted by atomic mass is 31.2. The third-order valence-corrected chi connectivity index (χ3v) is 1.97. The smallest absolute Gasteiger partial charge is 0.469 e. The minimum atomic E-state index is -4.60. The van der Waals surface area contributed by atoms with Crippen molar-refractivity contribution in [2.24, 2.45) is 5.73 Å². The summed E-state index contributed by atoms with van der Waals surface area (Å²) in [4.78, 5) is 35.9. The maximum Gasteiger partial charge on any atom is 0.469 e. The van der Waals surface area contributed by atoms with Crippen LogP contribution in [0.2, 0.25) is 0 Å². The molecular weight excluding hydrogens is 269 g/mol. The maximum absolute atomic E-state index is 9.98. The molecule has 0 bridgehead atoms. The van der Waals surface area contributed by atoms with Crippen LogP contribution in [-0.4, -0.2) is 44.6 Å². The number of carboxylic acid groups (broad SMARTS) is 2. The van der Waals surface area contributed by atoms with E-state index in [2.05, 4.69) is 4.52 Å². The molecule has 0 aromatic heterocycles. The normalized spacial score (nSPS) is 12.2. The molecule has 0 fully saturated rings. The highest BCUT2D eigenvalue weighted by Gasteiger charge is 2.19. The van der Waals surface area contributed by atoms with Crippen LogP contribution in [0.1, 0.15) is 26.2 Å². The molecule has 0 aromatic rings. The van der Waals surface area contributed by atoms with E-state index >= 15 is 0 Å². The van der Waals surface area contributed by atoms with Gasteiger partial charge in [-0.1, -0.05) is 13.3 Å². The van der Waals surface area contributed by atoms with Crippen molar-refractivity contribution in [1.29, 1.82) is 0 Å². The van der Waals surface area contributed by atoms with Crippen molar-refractivity contribution in [2.75, 3.05) is 6.61 Å². The number of unbranched alkanes of at least 4 members (excludes halogenated alkanes) is 1. The van der Waals surface area contributed by atoms with E-state index in [1.165, 1.54) is 0 Å². The van der Waals surface area contributed by atoms with Gasteiger partial charge in [-0.25, -0.2) is 4.57 Å². The van der Waals surface area contributed by atoms with Crippen LogP contribution in [0.3, 0.4) is 0 Å². The third-order valence-electron chi connectivity index (χ3n) is 1.48. The van der Waals surface area contributed by atoms with Gasteiger partial charge in [0.1, 0.15) is 6.04 Å². The first-order valence-electron chi connectivity index (χ1n) is 5.00. The molecule has 9 nitrogen and oxygen atoms in total. The van der Waals surface area contributed by atoms with Gasteiger partial charge in [0.05, 0.1) is 6.61 Å². The van der Waals surface area contributed by atoms with Gasteiger partial charge in [0, 0.05) is 6.42 Å². The van der Waals surface area contributed by atoms with Crippen molar-refractivity contribution in [2.45, 2.75) is 32.2 Å². The maximum atomic E-state index is 9.98. The molecule has 0 rings (SSSR count). The number of aliphatic carboxylic acids is 2. The van der Waals surface area contributed by atoms with E-state index in [0.29, 0.717) is 6.42 Å². The van der Waals surface area contributed by atoms with Crippen molar-refractivity contribution < 1.29 is 38.7 Å². The van der Waals surface area contributed by atoms with E-state index in [0.717, 1.165) is 12.8 Å². The van der Waals surface area contributed by atoms with Crippen LogP contribution in [0.4, 0.5) is 0 Å². The quantitative estimate of drug-likeness (QED) is 0.397. The summed E-state index contributed by atoms with van der Waals surface area (Å²) in [6.07, 6.45) is 2.08. The van der Waals surface area contributed by atoms with Gasteiger partial charge in [0.25, 0.3) is 0 Å². The Hall–Kier alpha value is -0.990.